The summed E-state index contributed by atoms with van der Waals surface area (Å²) in [5.41, 5.74) is 0.872. The maximum Gasteiger partial charge on any atom is 0.408 e. The van der Waals surface area contributed by atoms with Gasteiger partial charge >= 0.3 is 12.2 Å². The summed E-state index contributed by atoms with van der Waals surface area (Å²) in [6.07, 6.45) is -3.73. The molecule has 2 aliphatic heterocycles. The summed E-state index contributed by atoms with van der Waals surface area (Å²) < 4.78 is 44.2. The summed E-state index contributed by atoms with van der Waals surface area (Å²) in [6, 6.07) is -0.0878. The monoisotopic (exact) mass is 525 g/mol. The second-order valence-corrected chi connectivity index (χ2v) is 8.75. The van der Waals surface area contributed by atoms with Crippen molar-refractivity contribution in [2.24, 2.45) is 0 Å². The quantitative estimate of drug-likeness (QED) is 0.418. The molecule has 0 saturated carbocycles. The summed E-state index contributed by atoms with van der Waals surface area (Å²) in [7, 11) is 0. The van der Waals surface area contributed by atoms with E-state index in [0.717, 1.165) is 6.92 Å². The minimum atomic E-state index is -4.64. The van der Waals surface area contributed by atoms with E-state index in [9.17, 15) is 27.9 Å². The van der Waals surface area contributed by atoms with Gasteiger partial charge in [-0.15, -0.1) is 0 Å². The van der Waals surface area contributed by atoms with Crippen molar-refractivity contribution in [2.45, 2.75) is 44.6 Å². The van der Waals surface area contributed by atoms with Crippen LogP contribution >= 0.6 is 0 Å². The van der Waals surface area contributed by atoms with Crippen LogP contribution in [-0.4, -0.2) is 87.8 Å². The fraction of sp³-hybridized carbons (Fsp3) is 0.500. The van der Waals surface area contributed by atoms with Crippen LogP contribution in [-0.2, 0) is 0 Å². The zero-order valence-electron chi connectivity index (χ0n) is 20.0. The number of aliphatic hydroxyl groups is 2. The van der Waals surface area contributed by atoms with Crippen LogP contribution < -0.4 is 25.2 Å². The van der Waals surface area contributed by atoms with Crippen LogP contribution in [0.3, 0.4) is 0 Å². The molecule has 4 rings (SSSR count). The molecule has 200 valence electrons. The normalized spacial score (nSPS) is 18.2. The summed E-state index contributed by atoms with van der Waals surface area (Å²) in [6.45, 7) is 2.87. The zero-order valence-corrected chi connectivity index (χ0v) is 20.0. The highest BCUT2D eigenvalue weighted by Gasteiger charge is 2.43. The third-order valence-electron chi connectivity index (χ3n) is 5.99. The molecule has 2 aromatic heterocycles. The molecular formula is C22H26F3N7O5. The van der Waals surface area contributed by atoms with E-state index in [1.807, 2.05) is 10.2 Å². The average Bonchev–Trinajstić information content (AvgIpc) is 3.24. The molecule has 0 aliphatic carbocycles. The molecule has 0 radical (unpaired) electrons. The summed E-state index contributed by atoms with van der Waals surface area (Å²) in [5, 5.41) is 22.9. The van der Waals surface area contributed by atoms with Gasteiger partial charge in [-0.05, 0) is 26.3 Å². The van der Waals surface area contributed by atoms with E-state index in [4.69, 9.17) is 9.84 Å². The Labute approximate surface area is 209 Å². The van der Waals surface area contributed by atoms with E-state index < -0.39 is 42.7 Å². The van der Waals surface area contributed by atoms with Crippen LogP contribution in [0.15, 0.2) is 18.3 Å². The average molecular weight is 525 g/mol. The predicted molar refractivity (Wildman–Crippen MR) is 125 cm³/mol. The number of aromatic nitrogens is 3. The SMILES string of the molecule is Cc1nc(C(=O)NC(C)C(F)(F)F)nc2c1N1CC[C@@H](C1)N2C(=O)Nc1cc(OCC(O)CO)ccn1. The second-order valence-electron chi connectivity index (χ2n) is 8.75. The Hall–Kier alpha value is -3.72. The molecule has 0 aromatic carbocycles. The molecule has 2 aliphatic rings. The van der Waals surface area contributed by atoms with Crippen molar-refractivity contribution in [1.82, 2.24) is 20.3 Å². The molecule has 12 nitrogen and oxygen atoms in total. The first-order valence-corrected chi connectivity index (χ1v) is 11.5. The number of nitrogens with one attached hydrogen (secondary N) is 2. The molecule has 2 unspecified atom stereocenters. The van der Waals surface area contributed by atoms with E-state index in [0.29, 0.717) is 36.6 Å². The van der Waals surface area contributed by atoms with Crippen LogP contribution in [0.1, 0.15) is 29.7 Å². The van der Waals surface area contributed by atoms with Crippen LogP contribution in [0.2, 0.25) is 0 Å². The number of halogens is 3. The number of rotatable bonds is 7. The lowest BCUT2D eigenvalue weighted by Crippen LogP contribution is -2.49. The number of nitrogens with zero attached hydrogens (tertiary/aromatic N) is 5. The van der Waals surface area contributed by atoms with Crippen molar-refractivity contribution in [3.05, 3.63) is 29.8 Å². The van der Waals surface area contributed by atoms with Crippen molar-refractivity contribution in [3.63, 3.8) is 0 Å². The molecule has 3 atom stereocenters. The third kappa shape index (κ3) is 5.67. The number of alkyl halides is 3. The largest absolute Gasteiger partial charge is 0.491 e. The highest BCUT2D eigenvalue weighted by Crippen LogP contribution is 2.40. The highest BCUT2D eigenvalue weighted by atomic mass is 19.4. The van der Waals surface area contributed by atoms with Crippen molar-refractivity contribution in [3.8, 4) is 5.75 Å². The van der Waals surface area contributed by atoms with Gasteiger partial charge in [0.1, 0.15) is 36.0 Å². The number of aryl methyl sites for hydroxylation is 1. The van der Waals surface area contributed by atoms with Crippen LogP contribution in [0.5, 0.6) is 5.75 Å². The Balaban J connectivity index is 1.59. The first-order chi connectivity index (χ1) is 17.5. The molecule has 3 amide bonds. The minimum Gasteiger partial charge on any atom is -0.491 e. The maximum absolute atomic E-state index is 13.4. The summed E-state index contributed by atoms with van der Waals surface area (Å²) in [5.74, 6) is -1.06. The molecular weight excluding hydrogens is 499 g/mol. The predicted octanol–water partition coefficient (Wildman–Crippen LogP) is 1.22. The number of pyridine rings is 1. The fourth-order valence-electron chi connectivity index (χ4n) is 4.11. The van der Waals surface area contributed by atoms with Gasteiger partial charge in [0, 0.05) is 25.4 Å². The lowest BCUT2D eigenvalue weighted by atomic mass is 10.1. The smallest absolute Gasteiger partial charge is 0.408 e. The molecule has 1 saturated heterocycles. The van der Waals surface area contributed by atoms with Gasteiger partial charge in [0.25, 0.3) is 5.91 Å². The van der Waals surface area contributed by atoms with E-state index in [1.165, 1.54) is 23.2 Å². The van der Waals surface area contributed by atoms with Gasteiger partial charge in [0.15, 0.2) is 5.82 Å². The highest BCUT2D eigenvalue weighted by molar-refractivity contribution is 6.05. The molecule has 15 heteroatoms. The van der Waals surface area contributed by atoms with Gasteiger partial charge in [-0.2, -0.15) is 13.2 Å². The van der Waals surface area contributed by atoms with Crippen molar-refractivity contribution in [2.75, 3.05) is 41.4 Å². The maximum atomic E-state index is 13.4. The molecule has 2 aromatic rings. The molecule has 4 N–H and O–H groups in total. The van der Waals surface area contributed by atoms with Gasteiger partial charge in [-0.3, -0.25) is 15.0 Å². The number of aliphatic hydroxyl groups excluding tert-OH is 2. The topological polar surface area (TPSA) is 153 Å². The molecule has 4 heterocycles. The first kappa shape index (κ1) is 26.3. The number of carbonyl (C=O) groups is 2. The van der Waals surface area contributed by atoms with E-state index in [2.05, 4.69) is 20.3 Å². The standard InChI is InChI=1S/C22H26F3N7O5/c1-11-17-19(30-18(27-11)20(35)28-12(2)22(23,24)25)32(13-4-6-31(17)8-13)21(36)29-16-7-15(3-5-26-16)37-10-14(34)9-33/h3,5,7,12-14,33-34H,4,6,8-10H2,1-2H3,(H,28,35)(H,26,29,36)/t12?,13-,14?/m0/s1. The number of ether oxygens (including phenoxy) is 1. The lowest BCUT2D eigenvalue weighted by Gasteiger charge is -2.36. The van der Waals surface area contributed by atoms with Crippen LogP contribution in [0.25, 0.3) is 0 Å². The van der Waals surface area contributed by atoms with Gasteiger partial charge in [-0.1, -0.05) is 0 Å². The number of hydrogen-bond donors (Lipinski definition) is 4. The lowest BCUT2D eigenvalue weighted by molar-refractivity contribution is -0.149. The Bertz CT molecular complexity index is 1180. The molecule has 0 spiro atoms. The molecule has 37 heavy (non-hydrogen) atoms. The minimum absolute atomic E-state index is 0.113. The Morgan fingerprint density at radius 1 is 1.32 bits per heavy atom. The first-order valence-electron chi connectivity index (χ1n) is 11.5. The number of amides is 3. The van der Waals surface area contributed by atoms with Gasteiger partial charge in [0.05, 0.1) is 18.3 Å². The summed E-state index contributed by atoms with van der Waals surface area (Å²) in [4.78, 5) is 41.6. The Morgan fingerprint density at radius 2 is 2.08 bits per heavy atom. The van der Waals surface area contributed by atoms with Gasteiger partial charge in [0.2, 0.25) is 5.82 Å². The second kappa shape index (κ2) is 10.3. The van der Waals surface area contributed by atoms with Crippen molar-refractivity contribution < 1.29 is 37.7 Å². The zero-order chi connectivity index (χ0) is 26.9. The van der Waals surface area contributed by atoms with Crippen molar-refractivity contribution in [1.29, 1.82) is 0 Å². The van der Waals surface area contributed by atoms with Gasteiger partial charge in [-0.25, -0.2) is 19.7 Å². The number of fused-ring (bicyclic) bond motifs is 4. The Morgan fingerprint density at radius 3 is 2.78 bits per heavy atom. The Kier molecular flexibility index (Phi) is 7.36. The summed E-state index contributed by atoms with van der Waals surface area (Å²) >= 11 is 0. The number of anilines is 3. The van der Waals surface area contributed by atoms with Crippen molar-refractivity contribution >= 4 is 29.3 Å². The van der Waals surface area contributed by atoms with Crippen LogP contribution in [0.4, 0.5) is 35.3 Å². The van der Waals surface area contributed by atoms with E-state index >= 15 is 0 Å². The fourth-order valence-corrected chi connectivity index (χ4v) is 4.11. The number of urea groups is 1. The molecule has 1 fully saturated rings. The van der Waals surface area contributed by atoms with Crippen LogP contribution in [0, 0.1) is 6.92 Å². The number of hydrogen-bond acceptors (Lipinski definition) is 9. The van der Waals surface area contributed by atoms with Gasteiger partial charge < -0.3 is 25.2 Å². The molecule has 2 bridgehead atoms. The van der Waals surface area contributed by atoms with E-state index in [-0.39, 0.29) is 24.3 Å². The third-order valence-corrected chi connectivity index (χ3v) is 5.99. The number of carbonyl (C=O) groups excluding carboxylic acids is 2. The van der Waals surface area contributed by atoms with E-state index in [1.54, 1.807) is 6.92 Å².